The number of amides is 1. The van der Waals surface area contributed by atoms with E-state index in [0.717, 1.165) is 30.5 Å². The van der Waals surface area contributed by atoms with Crippen molar-refractivity contribution in [1.29, 1.82) is 5.26 Å². The second-order valence-electron chi connectivity index (χ2n) is 7.08. The van der Waals surface area contributed by atoms with Gasteiger partial charge in [0.05, 0.1) is 8.04 Å². The molecule has 0 aliphatic carbocycles. The van der Waals surface area contributed by atoms with Gasteiger partial charge in [-0.25, -0.2) is 0 Å². The molecule has 1 N–H and O–H groups in total. The summed E-state index contributed by atoms with van der Waals surface area (Å²) in [5, 5.41) is 12.2. The smallest absolute Gasteiger partial charge is 0.266 e. The van der Waals surface area contributed by atoms with Crippen LogP contribution in [0.3, 0.4) is 0 Å². The Kier molecular flexibility index (Phi) is 7.88. The van der Waals surface area contributed by atoms with Crippen LogP contribution in [0, 0.1) is 28.7 Å². The van der Waals surface area contributed by atoms with Crippen molar-refractivity contribution in [3.05, 3.63) is 96.5 Å². The lowest BCUT2D eigenvalue weighted by Crippen LogP contribution is -2.13. The molecule has 0 aliphatic rings. The van der Waals surface area contributed by atoms with Gasteiger partial charge in [0, 0.05) is 5.69 Å². The molecule has 3 aromatic carbocycles. The first kappa shape index (κ1) is 23.0. The minimum absolute atomic E-state index is 0.0246. The van der Waals surface area contributed by atoms with Crippen LogP contribution in [0.15, 0.2) is 70.7 Å². The number of halogens is 2. The molecule has 0 spiro atoms. The quantitative estimate of drug-likeness (QED) is 0.196. The fraction of sp³-hybridized carbons (Fsp3) is 0.120. The van der Waals surface area contributed by atoms with E-state index in [2.05, 4.69) is 56.0 Å². The van der Waals surface area contributed by atoms with Crippen molar-refractivity contribution >= 4 is 56.2 Å². The molecular formula is C25H20BrIN2O2. The molecule has 3 rings (SSSR count). The molecule has 3 aromatic rings. The highest BCUT2D eigenvalue weighted by Gasteiger charge is 2.13. The molecule has 0 radical (unpaired) electrons. The van der Waals surface area contributed by atoms with E-state index in [4.69, 9.17) is 4.74 Å². The SMILES string of the molecule is Cc1ccc(COc2c(Br)cc(/C=C(\C#N)C(=O)Nc3ccc(C)cc3)cc2I)cc1. The summed E-state index contributed by atoms with van der Waals surface area (Å²) in [7, 11) is 0. The van der Waals surface area contributed by atoms with Gasteiger partial charge in [-0.15, -0.1) is 0 Å². The summed E-state index contributed by atoms with van der Waals surface area (Å²) in [5.41, 5.74) is 4.78. The summed E-state index contributed by atoms with van der Waals surface area (Å²) >= 11 is 5.74. The van der Waals surface area contributed by atoms with Crippen LogP contribution in [0.1, 0.15) is 22.3 Å². The Balaban J connectivity index is 1.76. The minimum atomic E-state index is -0.447. The highest BCUT2D eigenvalue weighted by molar-refractivity contribution is 14.1. The molecule has 0 saturated heterocycles. The minimum Gasteiger partial charge on any atom is -0.487 e. The Morgan fingerprint density at radius 1 is 1.10 bits per heavy atom. The number of nitrogens with zero attached hydrogens (tertiary/aromatic N) is 1. The zero-order chi connectivity index (χ0) is 22.4. The molecular weight excluding hydrogens is 567 g/mol. The molecule has 4 nitrogen and oxygen atoms in total. The van der Waals surface area contributed by atoms with Crippen molar-refractivity contribution in [1.82, 2.24) is 0 Å². The van der Waals surface area contributed by atoms with Gasteiger partial charge in [0.25, 0.3) is 5.91 Å². The molecule has 156 valence electrons. The van der Waals surface area contributed by atoms with Gasteiger partial charge in [-0.3, -0.25) is 4.79 Å². The van der Waals surface area contributed by atoms with Crippen LogP contribution in [-0.2, 0) is 11.4 Å². The number of carbonyl (C=O) groups excluding carboxylic acids is 1. The standard InChI is InChI=1S/C25H20BrIN2O2/c1-16-3-7-18(8-4-16)15-31-24-22(26)12-19(13-23(24)27)11-20(14-28)25(30)29-21-9-5-17(2)6-10-21/h3-13H,15H2,1-2H3,(H,29,30)/b20-11+. The molecule has 0 heterocycles. The van der Waals surface area contributed by atoms with E-state index in [1.54, 1.807) is 6.08 Å². The first-order valence-corrected chi connectivity index (χ1v) is 11.4. The van der Waals surface area contributed by atoms with Crippen LogP contribution in [0.4, 0.5) is 5.69 Å². The summed E-state index contributed by atoms with van der Waals surface area (Å²) in [6.07, 6.45) is 1.57. The van der Waals surface area contributed by atoms with Crippen molar-refractivity contribution in [3.8, 4) is 11.8 Å². The van der Waals surface area contributed by atoms with E-state index in [1.807, 2.05) is 68.4 Å². The maximum atomic E-state index is 12.5. The van der Waals surface area contributed by atoms with Crippen molar-refractivity contribution in [2.45, 2.75) is 20.5 Å². The van der Waals surface area contributed by atoms with Crippen molar-refractivity contribution < 1.29 is 9.53 Å². The lowest BCUT2D eigenvalue weighted by Gasteiger charge is -2.12. The third kappa shape index (κ3) is 6.42. The van der Waals surface area contributed by atoms with Crippen LogP contribution in [-0.4, -0.2) is 5.91 Å². The number of hydrogen-bond donors (Lipinski definition) is 1. The third-order valence-corrected chi connectivity index (χ3v) is 5.90. The topological polar surface area (TPSA) is 62.1 Å². The van der Waals surface area contributed by atoms with Gasteiger partial charge >= 0.3 is 0 Å². The largest absolute Gasteiger partial charge is 0.487 e. The van der Waals surface area contributed by atoms with Crippen LogP contribution in [0.25, 0.3) is 6.08 Å². The maximum Gasteiger partial charge on any atom is 0.266 e. The van der Waals surface area contributed by atoms with E-state index in [1.165, 1.54) is 5.56 Å². The Morgan fingerprint density at radius 3 is 2.29 bits per heavy atom. The van der Waals surface area contributed by atoms with Gasteiger partial charge in [0.2, 0.25) is 0 Å². The summed E-state index contributed by atoms with van der Waals surface area (Å²) in [4.78, 5) is 12.5. The molecule has 6 heteroatoms. The first-order valence-electron chi connectivity index (χ1n) is 9.53. The zero-order valence-electron chi connectivity index (χ0n) is 17.1. The van der Waals surface area contributed by atoms with Gasteiger partial charge < -0.3 is 10.1 Å². The highest BCUT2D eigenvalue weighted by Crippen LogP contribution is 2.33. The van der Waals surface area contributed by atoms with E-state index in [9.17, 15) is 10.1 Å². The molecule has 1 amide bonds. The van der Waals surface area contributed by atoms with E-state index >= 15 is 0 Å². The van der Waals surface area contributed by atoms with E-state index in [-0.39, 0.29) is 5.57 Å². The highest BCUT2D eigenvalue weighted by atomic mass is 127. The Labute approximate surface area is 204 Å². The zero-order valence-corrected chi connectivity index (χ0v) is 20.8. The van der Waals surface area contributed by atoms with Gasteiger partial charge in [-0.2, -0.15) is 5.26 Å². The fourth-order valence-electron chi connectivity index (χ4n) is 2.79. The number of benzene rings is 3. The fourth-order valence-corrected chi connectivity index (χ4v) is 4.56. The maximum absolute atomic E-state index is 12.5. The predicted molar refractivity (Wildman–Crippen MR) is 136 cm³/mol. The monoisotopic (exact) mass is 586 g/mol. The summed E-state index contributed by atoms with van der Waals surface area (Å²) in [6, 6.07) is 21.3. The number of aryl methyl sites for hydroxylation is 2. The van der Waals surface area contributed by atoms with Crippen LogP contribution in [0.2, 0.25) is 0 Å². The molecule has 0 bridgehead atoms. The molecule has 0 aromatic heterocycles. The summed E-state index contributed by atoms with van der Waals surface area (Å²) in [5.74, 6) is 0.276. The van der Waals surface area contributed by atoms with Gasteiger partial charge in [0.1, 0.15) is 24.0 Å². The van der Waals surface area contributed by atoms with E-state index in [0.29, 0.717) is 12.3 Å². The average Bonchev–Trinajstić information content (AvgIpc) is 2.74. The summed E-state index contributed by atoms with van der Waals surface area (Å²) < 4.78 is 7.63. The molecule has 0 fully saturated rings. The number of carbonyl (C=O) groups is 1. The second-order valence-corrected chi connectivity index (χ2v) is 9.09. The first-order chi connectivity index (χ1) is 14.9. The van der Waals surface area contributed by atoms with Crippen molar-refractivity contribution in [2.24, 2.45) is 0 Å². The number of rotatable bonds is 6. The lowest BCUT2D eigenvalue weighted by atomic mass is 10.1. The van der Waals surface area contributed by atoms with Gasteiger partial charge in [-0.1, -0.05) is 47.5 Å². The van der Waals surface area contributed by atoms with Crippen LogP contribution >= 0.6 is 38.5 Å². The second kappa shape index (κ2) is 10.6. The normalized spacial score (nSPS) is 11.0. The number of nitrogens with one attached hydrogen (secondary N) is 1. The van der Waals surface area contributed by atoms with Gasteiger partial charge in [0.15, 0.2) is 0 Å². The summed E-state index contributed by atoms with van der Waals surface area (Å²) in [6.45, 7) is 4.47. The van der Waals surface area contributed by atoms with E-state index < -0.39 is 5.91 Å². The van der Waals surface area contributed by atoms with Crippen LogP contribution < -0.4 is 10.1 Å². The molecule has 0 unspecified atom stereocenters. The number of ether oxygens (including phenoxy) is 1. The Bertz CT molecular complexity index is 1140. The number of anilines is 1. The molecule has 0 aliphatic heterocycles. The number of nitriles is 1. The number of hydrogen-bond acceptors (Lipinski definition) is 3. The van der Waals surface area contributed by atoms with Gasteiger partial charge in [-0.05, 0) is 93.8 Å². The molecule has 31 heavy (non-hydrogen) atoms. The molecule has 0 saturated carbocycles. The van der Waals surface area contributed by atoms with Crippen LogP contribution in [0.5, 0.6) is 5.75 Å². The predicted octanol–water partition coefficient (Wildman–Crippen LogP) is 6.80. The Hall–Kier alpha value is -2.63. The Morgan fingerprint density at radius 2 is 1.71 bits per heavy atom. The lowest BCUT2D eigenvalue weighted by molar-refractivity contribution is -0.112. The van der Waals surface area contributed by atoms with Crippen molar-refractivity contribution in [3.63, 3.8) is 0 Å². The van der Waals surface area contributed by atoms with Crippen molar-refractivity contribution in [2.75, 3.05) is 5.32 Å². The average molecular weight is 587 g/mol. The third-order valence-electron chi connectivity index (χ3n) is 4.51. The molecule has 0 atom stereocenters.